The molecule has 3 aromatic rings. The lowest BCUT2D eigenvalue weighted by Crippen LogP contribution is -2.36. The van der Waals surface area contributed by atoms with Crippen LogP contribution in [0.5, 0.6) is 0 Å². The van der Waals surface area contributed by atoms with Crippen molar-refractivity contribution in [1.82, 2.24) is 24.9 Å². The van der Waals surface area contributed by atoms with Crippen molar-refractivity contribution in [3.8, 4) is 11.3 Å². The van der Waals surface area contributed by atoms with Gasteiger partial charge < -0.3 is 10.1 Å². The number of hydrogen-bond acceptors (Lipinski definition) is 5. The van der Waals surface area contributed by atoms with E-state index in [9.17, 15) is 4.79 Å². The number of hydrogen-bond donors (Lipinski definition) is 1. The van der Waals surface area contributed by atoms with Crippen LogP contribution in [0.3, 0.4) is 0 Å². The topological polar surface area (TPSA) is 81.4 Å². The van der Waals surface area contributed by atoms with E-state index in [1.807, 2.05) is 42.6 Å². The summed E-state index contributed by atoms with van der Waals surface area (Å²) in [5.41, 5.74) is 3.59. The third-order valence-electron chi connectivity index (χ3n) is 5.10. The quantitative estimate of drug-likeness (QED) is 0.701. The molecule has 27 heavy (non-hydrogen) atoms. The molecule has 2 bridgehead atoms. The van der Waals surface area contributed by atoms with Crippen LogP contribution < -0.4 is 5.32 Å². The first-order valence-electron chi connectivity index (χ1n) is 9.13. The Labute approximate surface area is 156 Å². The minimum atomic E-state index is -0.0642. The minimum Gasteiger partial charge on any atom is -0.366 e. The maximum atomic E-state index is 12.3. The second-order valence-corrected chi connectivity index (χ2v) is 6.89. The summed E-state index contributed by atoms with van der Waals surface area (Å²) in [6.45, 7) is 0.553. The van der Waals surface area contributed by atoms with Gasteiger partial charge in [0.15, 0.2) is 5.65 Å². The largest absolute Gasteiger partial charge is 0.366 e. The molecule has 7 heteroatoms. The molecule has 1 saturated heterocycles. The molecule has 0 radical (unpaired) electrons. The highest BCUT2D eigenvalue weighted by molar-refractivity contribution is 5.80. The van der Waals surface area contributed by atoms with Crippen molar-refractivity contribution >= 4 is 11.6 Å². The van der Waals surface area contributed by atoms with E-state index in [4.69, 9.17) is 4.74 Å². The zero-order chi connectivity index (χ0) is 18.2. The van der Waals surface area contributed by atoms with Gasteiger partial charge in [0.05, 0.1) is 29.5 Å². The first-order chi connectivity index (χ1) is 13.3. The number of nitrogens with zero attached hydrogens (tertiary/aromatic N) is 4. The number of carbonyl (C=O) groups excluding carboxylic acids is 1. The average Bonchev–Trinajstić information content (AvgIpc) is 3.43. The number of carbonyl (C=O) groups is 1. The molecule has 2 aliphatic heterocycles. The molecule has 3 atom stereocenters. The van der Waals surface area contributed by atoms with Crippen molar-refractivity contribution in [1.29, 1.82) is 0 Å². The Morgan fingerprint density at radius 1 is 1.26 bits per heavy atom. The van der Waals surface area contributed by atoms with Gasteiger partial charge in [-0.1, -0.05) is 12.2 Å². The summed E-state index contributed by atoms with van der Waals surface area (Å²) >= 11 is 0. The Bertz CT molecular complexity index is 1010. The molecule has 1 amide bonds. The Kier molecular flexibility index (Phi) is 3.94. The van der Waals surface area contributed by atoms with Gasteiger partial charge in [0, 0.05) is 43.2 Å². The predicted molar refractivity (Wildman–Crippen MR) is 98.8 cm³/mol. The van der Waals surface area contributed by atoms with Crippen LogP contribution in [-0.2, 0) is 16.0 Å². The highest BCUT2D eigenvalue weighted by atomic mass is 16.5. The molecule has 7 nitrogen and oxygen atoms in total. The summed E-state index contributed by atoms with van der Waals surface area (Å²) in [5.74, 6) is -0.000585. The third kappa shape index (κ3) is 3.10. The standard InChI is InChI=1S/C20H19N5O2/c26-20(16-12-15-1-2-18(16)27-15)22-9-5-14-11-19-23-17(6-10-25(19)24-14)13-3-7-21-8-4-13/h1-4,6-8,10-11,15-16,18H,5,9,12H2,(H,22,26)/t15-,16+,18+/m1/s1. The molecule has 1 N–H and O–H groups in total. The minimum absolute atomic E-state index is 0.0546. The Morgan fingerprint density at radius 2 is 2.15 bits per heavy atom. The normalized spacial score (nSPS) is 23.2. The van der Waals surface area contributed by atoms with Gasteiger partial charge in [-0.3, -0.25) is 9.78 Å². The molecule has 0 saturated carbocycles. The first kappa shape index (κ1) is 16.1. The van der Waals surface area contributed by atoms with Gasteiger partial charge >= 0.3 is 0 Å². The van der Waals surface area contributed by atoms with Gasteiger partial charge in [-0.2, -0.15) is 5.10 Å². The predicted octanol–water partition coefficient (Wildman–Crippen LogP) is 1.79. The third-order valence-corrected chi connectivity index (χ3v) is 5.10. The van der Waals surface area contributed by atoms with Crippen molar-refractivity contribution in [2.75, 3.05) is 6.54 Å². The van der Waals surface area contributed by atoms with Crippen LogP contribution in [-0.4, -0.2) is 44.2 Å². The van der Waals surface area contributed by atoms with Crippen LogP contribution in [0, 0.1) is 5.92 Å². The molecular weight excluding hydrogens is 342 g/mol. The molecule has 1 fully saturated rings. The monoisotopic (exact) mass is 361 g/mol. The SMILES string of the molecule is O=C(NCCc1cc2nc(-c3ccncc3)ccn2n1)[C@H]1C[C@H]2C=C[C@@H]1O2. The average molecular weight is 361 g/mol. The molecular formula is C20H19N5O2. The summed E-state index contributed by atoms with van der Waals surface area (Å²) in [7, 11) is 0. The lowest BCUT2D eigenvalue weighted by molar-refractivity contribution is -0.125. The number of rotatable bonds is 5. The van der Waals surface area contributed by atoms with Crippen molar-refractivity contribution in [3.05, 3.63) is 60.7 Å². The fourth-order valence-corrected chi connectivity index (χ4v) is 3.71. The van der Waals surface area contributed by atoms with Gasteiger partial charge in [-0.05, 0) is 24.6 Å². The smallest absolute Gasteiger partial charge is 0.226 e. The lowest BCUT2D eigenvalue weighted by atomic mass is 9.93. The Hall–Kier alpha value is -3.06. The first-order valence-corrected chi connectivity index (χ1v) is 9.13. The Morgan fingerprint density at radius 3 is 2.93 bits per heavy atom. The Balaban J connectivity index is 1.23. The number of ether oxygens (including phenoxy) is 1. The van der Waals surface area contributed by atoms with Crippen LogP contribution in [0.25, 0.3) is 16.9 Å². The maximum absolute atomic E-state index is 12.3. The van der Waals surface area contributed by atoms with Gasteiger partial charge in [0.25, 0.3) is 0 Å². The number of fused-ring (bicyclic) bond motifs is 3. The molecule has 0 aromatic carbocycles. The second-order valence-electron chi connectivity index (χ2n) is 6.89. The summed E-state index contributed by atoms with van der Waals surface area (Å²) in [6, 6.07) is 7.75. The van der Waals surface area contributed by atoms with Gasteiger partial charge in [0.1, 0.15) is 0 Å². The summed E-state index contributed by atoms with van der Waals surface area (Å²) in [4.78, 5) is 21.0. The van der Waals surface area contributed by atoms with E-state index in [0.29, 0.717) is 13.0 Å². The highest BCUT2D eigenvalue weighted by Gasteiger charge is 2.40. The molecule has 3 aromatic heterocycles. The van der Waals surface area contributed by atoms with E-state index in [1.165, 1.54) is 0 Å². The van der Waals surface area contributed by atoms with Crippen LogP contribution >= 0.6 is 0 Å². The molecule has 5 rings (SSSR count). The van der Waals surface area contributed by atoms with Gasteiger partial charge in [0.2, 0.25) is 5.91 Å². The van der Waals surface area contributed by atoms with E-state index in [1.54, 1.807) is 16.9 Å². The van der Waals surface area contributed by atoms with Crippen LogP contribution in [0.1, 0.15) is 12.1 Å². The molecule has 0 unspecified atom stereocenters. The summed E-state index contributed by atoms with van der Waals surface area (Å²) in [5, 5.41) is 7.54. The number of nitrogens with one attached hydrogen (secondary N) is 1. The van der Waals surface area contributed by atoms with Crippen molar-refractivity contribution in [2.45, 2.75) is 25.0 Å². The van der Waals surface area contributed by atoms with E-state index in [0.717, 1.165) is 29.0 Å². The number of amides is 1. The van der Waals surface area contributed by atoms with Crippen LogP contribution in [0.2, 0.25) is 0 Å². The molecule has 136 valence electrons. The zero-order valence-electron chi connectivity index (χ0n) is 14.7. The molecule has 5 heterocycles. The highest BCUT2D eigenvalue weighted by Crippen LogP contribution is 2.33. The number of pyridine rings is 1. The maximum Gasteiger partial charge on any atom is 0.226 e. The van der Waals surface area contributed by atoms with Gasteiger partial charge in [-0.15, -0.1) is 0 Å². The van der Waals surface area contributed by atoms with Gasteiger partial charge in [-0.25, -0.2) is 9.50 Å². The van der Waals surface area contributed by atoms with E-state index < -0.39 is 0 Å². The molecule has 2 aliphatic rings. The molecule has 0 aliphatic carbocycles. The lowest BCUT2D eigenvalue weighted by Gasteiger charge is -2.14. The van der Waals surface area contributed by atoms with E-state index in [-0.39, 0.29) is 24.0 Å². The fourth-order valence-electron chi connectivity index (χ4n) is 3.71. The van der Waals surface area contributed by atoms with E-state index >= 15 is 0 Å². The summed E-state index contributed by atoms with van der Waals surface area (Å²) < 4.78 is 7.42. The van der Waals surface area contributed by atoms with Crippen molar-refractivity contribution in [3.63, 3.8) is 0 Å². The van der Waals surface area contributed by atoms with E-state index in [2.05, 4.69) is 20.4 Å². The zero-order valence-corrected chi connectivity index (χ0v) is 14.7. The van der Waals surface area contributed by atoms with Crippen LogP contribution in [0.4, 0.5) is 0 Å². The molecule has 0 spiro atoms. The fraction of sp³-hybridized carbons (Fsp3) is 0.300. The second kappa shape index (κ2) is 6.59. The van der Waals surface area contributed by atoms with Crippen molar-refractivity contribution < 1.29 is 9.53 Å². The van der Waals surface area contributed by atoms with Crippen LogP contribution in [0.15, 0.2) is 55.0 Å². The number of aromatic nitrogens is 4. The van der Waals surface area contributed by atoms with Crippen molar-refractivity contribution in [2.24, 2.45) is 5.92 Å². The summed E-state index contributed by atoms with van der Waals surface area (Å²) in [6.07, 6.45) is 10.9.